The van der Waals surface area contributed by atoms with Crippen LogP contribution in [-0.2, 0) is 14.6 Å². The van der Waals surface area contributed by atoms with Gasteiger partial charge in [0.1, 0.15) is 0 Å². The quantitative estimate of drug-likeness (QED) is 0.528. The molecule has 0 bridgehead atoms. The maximum Gasteiger partial charge on any atom is 0.253 e. The number of rotatable bonds is 5. The summed E-state index contributed by atoms with van der Waals surface area (Å²) < 4.78 is 14.7. The van der Waals surface area contributed by atoms with Gasteiger partial charge in [-0.15, -0.1) is 10.2 Å². The monoisotopic (exact) mass is 421 g/mol. The fourth-order valence-electron chi connectivity index (χ4n) is 4.36. The minimum absolute atomic E-state index is 0.404. The normalized spacial score (nSPS) is 19.2. The first-order chi connectivity index (χ1) is 14.8. The fourth-order valence-corrected chi connectivity index (χ4v) is 5.55. The first-order valence-electron chi connectivity index (χ1n) is 10.8. The molecule has 0 radical (unpaired) electrons. The maximum absolute atomic E-state index is 6.16. The van der Waals surface area contributed by atoms with E-state index < -0.39 is 5.12 Å². The van der Waals surface area contributed by atoms with E-state index in [-0.39, 0.29) is 0 Å². The van der Waals surface area contributed by atoms with Crippen LogP contribution in [0.5, 0.6) is 0 Å². The van der Waals surface area contributed by atoms with Crippen LogP contribution < -0.4 is 0 Å². The highest BCUT2D eigenvalue weighted by atomic mass is 32.2. The van der Waals surface area contributed by atoms with Crippen LogP contribution in [0.4, 0.5) is 0 Å². The van der Waals surface area contributed by atoms with Crippen molar-refractivity contribution in [3.63, 3.8) is 0 Å². The van der Waals surface area contributed by atoms with Crippen molar-refractivity contribution in [2.75, 3.05) is 13.2 Å². The second-order valence-corrected chi connectivity index (χ2v) is 9.16. The second-order valence-electron chi connectivity index (χ2n) is 8.06. The number of nitrogens with zero attached hydrogens (tertiary/aromatic N) is 3. The summed E-state index contributed by atoms with van der Waals surface area (Å²) in [5, 5.41) is 9.27. The van der Waals surface area contributed by atoms with E-state index in [1.165, 1.54) is 36.6 Å². The number of ether oxygens (including phenoxy) is 2. The molecular formula is C24H27N3O2S. The van der Waals surface area contributed by atoms with Crippen molar-refractivity contribution in [2.45, 2.75) is 55.3 Å². The predicted octanol–water partition coefficient (Wildman–Crippen LogP) is 5.71. The van der Waals surface area contributed by atoms with Crippen LogP contribution in [0.15, 0.2) is 59.8 Å². The molecule has 0 spiro atoms. The molecule has 2 aliphatic rings. The summed E-state index contributed by atoms with van der Waals surface area (Å²) in [6.45, 7) is 3.25. The van der Waals surface area contributed by atoms with Gasteiger partial charge in [-0.25, -0.2) is 0 Å². The lowest BCUT2D eigenvalue weighted by Crippen LogP contribution is -2.24. The van der Waals surface area contributed by atoms with Crippen LogP contribution >= 0.6 is 11.8 Å². The number of aryl methyl sites for hydroxylation is 1. The van der Waals surface area contributed by atoms with Gasteiger partial charge in [0.25, 0.3) is 5.12 Å². The lowest BCUT2D eigenvalue weighted by Gasteiger charge is -2.29. The van der Waals surface area contributed by atoms with Gasteiger partial charge in [0.15, 0.2) is 11.0 Å². The average molecular weight is 422 g/mol. The molecule has 0 atom stereocenters. The SMILES string of the molecule is Cc1ccc(-c2nnc(SC3(c4ccccc4)OCCO3)n2C2CCCCC2)cc1. The Kier molecular flexibility index (Phi) is 5.63. The summed E-state index contributed by atoms with van der Waals surface area (Å²) in [5.41, 5.74) is 3.35. The highest BCUT2D eigenvalue weighted by molar-refractivity contribution is 7.99. The minimum Gasteiger partial charge on any atom is -0.335 e. The van der Waals surface area contributed by atoms with Crippen molar-refractivity contribution in [3.05, 3.63) is 65.7 Å². The van der Waals surface area contributed by atoms with Crippen LogP contribution in [0.25, 0.3) is 11.4 Å². The average Bonchev–Trinajstić information content (AvgIpc) is 3.44. The Balaban J connectivity index is 1.56. The smallest absolute Gasteiger partial charge is 0.253 e. The van der Waals surface area contributed by atoms with E-state index in [1.807, 2.05) is 18.2 Å². The molecule has 1 saturated heterocycles. The lowest BCUT2D eigenvalue weighted by atomic mass is 9.95. The van der Waals surface area contributed by atoms with E-state index in [9.17, 15) is 0 Å². The molecule has 2 aromatic carbocycles. The molecule has 0 unspecified atom stereocenters. The molecule has 6 heteroatoms. The van der Waals surface area contributed by atoms with E-state index in [0.717, 1.165) is 34.9 Å². The fraction of sp³-hybridized carbons (Fsp3) is 0.417. The Hall–Kier alpha value is -2.15. The standard InChI is InChI=1S/C24H27N3O2S/c1-18-12-14-19(15-13-18)22-25-26-23(27(22)21-10-6-3-7-11-21)30-24(28-16-17-29-24)20-8-4-2-5-9-20/h2,4-5,8-9,12-15,21H,3,6-7,10-11,16-17H2,1H3. The highest BCUT2D eigenvalue weighted by Crippen LogP contribution is 2.47. The van der Waals surface area contributed by atoms with Gasteiger partial charge in [0, 0.05) is 17.2 Å². The molecule has 1 aromatic heterocycles. The van der Waals surface area contributed by atoms with Gasteiger partial charge in [-0.05, 0) is 31.5 Å². The van der Waals surface area contributed by atoms with Crippen LogP contribution in [0.1, 0.15) is 49.3 Å². The van der Waals surface area contributed by atoms with E-state index >= 15 is 0 Å². The summed E-state index contributed by atoms with van der Waals surface area (Å²) >= 11 is 1.54. The molecule has 30 heavy (non-hydrogen) atoms. The topological polar surface area (TPSA) is 49.2 Å². The number of hydrogen-bond acceptors (Lipinski definition) is 5. The van der Waals surface area contributed by atoms with Crippen LogP contribution in [-0.4, -0.2) is 28.0 Å². The summed E-state index contributed by atoms with van der Waals surface area (Å²) in [4.78, 5) is 0. The third-order valence-corrected chi connectivity index (χ3v) is 7.14. The van der Waals surface area contributed by atoms with Crippen molar-refractivity contribution in [1.82, 2.24) is 14.8 Å². The van der Waals surface area contributed by atoms with Gasteiger partial charge >= 0.3 is 0 Å². The molecule has 0 amide bonds. The third-order valence-electron chi connectivity index (χ3n) is 5.93. The van der Waals surface area contributed by atoms with Gasteiger partial charge < -0.3 is 9.47 Å². The summed E-state index contributed by atoms with van der Waals surface area (Å²) in [5.74, 6) is 0.936. The predicted molar refractivity (Wildman–Crippen MR) is 118 cm³/mol. The molecule has 156 valence electrons. The van der Waals surface area contributed by atoms with Crippen molar-refractivity contribution >= 4 is 11.8 Å². The Morgan fingerprint density at radius 3 is 2.30 bits per heavy atom. The minimum atomic E-state index is -0.870. The summed E-state index contributed by atoms with van der Waals surface area (Å²) in [6.07, 6.45) is 6.12. The Labute approximate surface area is 181 Å². The number of hydrogen-bond donors (Lipinski definition) is 0. The lowest BCUT2D eigenvalue weighted by molar-refractivity contribution is -0.0819. The van der Waals surface area contributed by atoms with Crippen molar-refractivity contribution in [3.8, 4) is 11.4 Å². The number of benzene rings is 2. The van der Waals surface area contributed by atoms with Gasteiger partial charge in [0.05, 0.1) is 13.2 Å². The number of thioether (sulfide) groups is 1. The molecule has 1 saturated carbocycles. The van der Waals surface area contributed by atoms with Gasteiger partial charge in [-0.3, -0.25) is 4.57 Å². The van der Waals surface area contributed by atoms with Gasteiger partial charge in [-0.2, -0.15) is 0 Å². The second kappa shape index (κ2) is 8.53. The Morgan fingerprint density at radius 2 is 1.60 bits per heavy atom. The first kappa shape index (κ1) is 19.8. The van der Waals surface area contributed by atoms with Crippen LogP contribution in [0.3, 0.4) is 0 Å². The van der Waals surface area contributed by atoms with Crippen molar-refractivity contribution < 1.29 is 9.47 Å². The molecule has 1 aliphatic heterocycles. The molecular weight excluding hydrogens is 394 g/mol. The first-order valence-corrected chi connectivity index (χ1v) is 11.6. The zero-order chi connectivity index (χ0) is 20.4. The molecule has 2 heterocycles. The Bertz CT molecular complexity index is 975. The molecule has 2 fully saturated rings. The van der Waals surface area contributed by atoms with E-state index in [4.69, 9.17) is 9.47 Å². The van der Waals surface area contributed by atoms with Gasteiger partial charge in [0.2, 0.25) is 0 Å². The van der Waals surface area contributed by atoms with E-state index in [2.05, 4.69) is 58.1 Å². The summed E-state index contributed by atoms with van der Waals surface area (Å²) in [6, 6.07) is 19.1. The zero-order valence-corrected chi connectivity index (χ0v) is 18.1. The van der Waals surface area contributed by atoms with Crippen molar-refractivity contribution in [2.24, 2.45) is 0 Å². The number of aromatic nitrogens is 3. The highest BCUT2D eigenvalue weighted by Gasteiger charge is 2.42. The molecule has 5 rings (SSSR count). The van der Waals surface area contributed by atoms with E-state index in [1.54, 1.807) is 0 Å². The third kappa shape index (κ3) is 3.80. The Morgan fingerprint density at radius 1 is 0.900 bits per heavy atom. The zero-order valence-electron chi connectivity index (χ0n) is 17.3. The van der Waals surface area contributed by atoms with Crippen molar-refractivity contribution in [1.29, 1.82) is 0 Å². The molecule has 0 N–H and O–H groups in total. The molecule has 3 aromatic rings. The van der Waals surface area contributed by atoms with Crippen LogP contribution in [0, 0.1) is 6.92 Å². The largest absolute Gasteiger partial charge is 0.335 e. The summed E-state index contributed by atoms with van der Waals surface area (Å²) in [7, 11) is 0. The molecule has 1 aliphatic carbocycles. The maximum atomic E-state index is 6.16. The van der Waals surface area contributed by atoms with Crippen LogP contribution in [0.2, 0.25) is 0 Å². The van der Waals surface area contributed by atoms with E-state index in [0.29, 0.717) is 19.3 Å². The molecule has 5 nitrogen and oxygen atoms in total. The van der Waals surface area contributed by atoms with Gasteiger partial charge in [-0.1, -0.05) is 79.4 Å².